The van der Waals surface area contributed by atoms with Crippen LogP contribution in [0.2, 0.25) is 0 Å². The van der Waals surface area contributed by atoms with Gasteiger partial charge < -0.3 is 9.84 Å². The molecule has 118 valence electrons. The van der Waals surface area contributed by atoms with Crippen LogP contribution in [-0.2, 0) is 13.5 Å². The Labute approximate surface area is 131 Å². The van der Waals surface area contributed by atoms with Gasteiger partial charge in [0.05, 0.1) is 11.6 Å². The van der Waals surface area contributed by atoms with Crippen molar-refractivity contribution in [1.82, 2.24) is 25.2 Å². The molecule has 0 radical (unpaired) electrons. The van der Waals surface area contributed by atoms with Crippen molar-refractivity contribution in [3.05, 3.63) is 28.7 Å². The van der Waals surface area contributed by atoms with Gasteiger partial charge in [0.1, 0.15) is 0 Å². The number of hydrogen-bond acceptors (Lipinski definition) is 5. The number of nitrogens with one attached hydrogen (secondary N) is 1. The molecule has 0 aliphatic carbocycles. The summed E-state index contributed by atoms with van der Waals surface area (Å²) in [4.78, 5) is 4.51. The average Bonchev–Trinajstić information content (AvgIpc) is 2.95. The minimum absolute atomic E-state index is 0. The van der Waals surface area contributed by atoms with Crippen LogP contribution >= 0.6 is 12.4 Å². The van der Waals surface area contributed by atoms with Gasteiger partial charge in [-0.05, 0) is 34.7 Å². The number of rotatable bonds is 5. The van der Waals surface area contributed by atoms with E-state index >= 15 is 0 Å². The molecule has 0 aliphatic rings. The monoisotopic (exact) mass is 313 g/mol. The molecule has 2 atom stereocenters. The van der Waals surface area contributed by atoms with E-state index in [0.717, 1.165) is 23.6 Å². The summed E-state index contributed by atoms with van der Waals surface area (Å²) >= 11 is 0. The third-order valence-electron chi connectivity index (χ3n) is 3.83. The first-order valence-electron chi connectivity index (χ1n) is 6.93. The van der Waals surface area contributed by atoms with E-state index < -0.39 is 0 Å². The van der Waals surface area contributed by atoms with Crippen LogP contribution < -0.4 is 5.32 Å². The molecule has 2 aromatic heterocycles. The van der Waals surface area contributed by atoms with E-state index in [9.17, 15) is 0 Å². The van der Waals surface area contributed by atoms with E-state index in [1.807, 2.05) is 25.7 Å². The van der Waals surface area contributed by atoms with Crippen molar-refractivity contribution in [2.45, 2.75) is 46.1 Å². The standard InChI is InChI=1S/C14H23N5O.ClH/c1-8(15-5)7-12-16-14(20-18-12)9(2)13-10(3)17-19(6)11(13)4;/h8-9,15H,7H2,1-6H3;1H. The second kappa shape index (κ2) is 7.04. The lowest BCUT2D eigenvalue weighted by Gasteiger charge is -2.07. The van der Waals surface area contributed by atoms with Crippen LogP contribution in [0.1, 0.15) is 48.4 Å². The van der Waals surface area contributed by atoms with Gasteiger partial charge in [-0.1, -0.05) is 5.16 Å². The topological polar surface area (TPSA) is 68.8 Å². The molecule has 0 fully saturated rings. The van der Waals surface area contributed by atoms with Gasteiger partial charge in [0, 0.05) is 30.8 Å². The molecule has 2 heterocycles. The van der Waals surface area contributed by atoms with Gasteiger partial charge in [0.2, 0.25) is 5.89 Å². The summed E-state index contributed by atoms with van der Waals surface area (Å²) in [5.41, 5.74) is 3.32. The van der Waals surface area contributed by atoms with E-state index in [1.54, 1.807) is 0 Å². The molecule has 0 saturated carbocycles. The number of nitrogens with zero attached hydrogens (tertiary/aromatic N) is 4. The maximum Gasteiger partial charge on any atom is 0.234 e. The number of aryl methyl sites for hydroxylation is 2. The Morgan fingerprint density at radius 1 is 1.29 bits per heavy atom. The molecule has 6 nitrogen and oxygen atoms in total. The predicted molar refractivity (Wildman–Crippen MR) is 84.0 cm³/mol. The average molecular weight is 314 g/mol. The van der Waals surface area contributed by atoms with Crippen molar-refractivity contribution in [1.29, 1.82) is 0 Å². The minimum Gasteiger partial charge on any atom is -0.339 e. The molecule has 0 aliphatic heterocycles. The van der Waals surface area contributed by atoms with Gasteiger partial charge in [-0.3, -0.25) is 4.68 Å². The Morgan fingerprint density at radius 2 is 1.95 bits per heavy atom. The Morgan fingerprint density at radius 3 is 2.48 bits per heavy atom. The SMILES string of the molecule is CNC(C)Cc1noc(C(C)c2c(C)nn(C)c2C)n1.Cl. The van der Waals surface area contributed by atoms with E-state index in [1.165, 1.54) is 5.56 Å². The van der Waals surface area contributed by atoms with Crippen LogP contribution in [-0.4, -0.2) is 33.0 Å². The molecule has 1 N–H and O–H groups in total. The van der Waals surface area contributed by atoms with Crippen molar-refractivity contribution in [3.63, 3.8) is 0 Å². The fourth-order valence-corrected chi connectivity index (χ4v) is 2.44. The molecular weight excluding hydrogens is 290 g/mol. The zero-order valence-corrected chi connectivity index (χ0v) is 14.3. The first-order valence-corrected chi connectivity index (χ1v) is 6.93. The van der Waals surface area contributed by atoms with Crippen molar-refractivity contribution in [2.75, 3.05) is 7.05 Å². The molecule has 7 heteroatoms. The fraction of sp³-hybridized carbons (Fsp3) is 0.643. The maximum atomic E-state index is 5.42. The molecule has 2 rings (SSSR count). The quantitative estimate of drug-likeness (QED) is 0.916. The van der Waals surface area contributed by atoms with Crippen molar-refractivity contribution >= 4 is 12.4 Å². The first-order chi connectivity index (χ1) is 9.43. The zero-order chi connectivity index (χ0) is 14.9. The smallest absolute Gasteiger partial charge is 0.234 e. The summed E-state index contributed by atoms with van der Waals surface area (Å²) in [6, 6.07) is 0.331. The second-order valence-corrected chi connectivity index (χ2v) is 5.37. The molecule has 0 amide bonds. The Hall–Kier alpha value is -1.40. The van der Waals surface area contributed by atoms with Gasteiger partial charge in [-0.2, -0.15) is 10.1 Å². The molecular formula is C14H24ClN5O. The summed E-state index contributed by atoms with van der Waals surface area (Å²) in [5.74, 6) is 1.46. The van der Waals surface area contributed by atoms with E-state index in [4.69, 9.17) is 4.52 Å². The van der Waals surface area contributed by atoms with Gasteiger partial charge >= 0.3 is 0 Å². The van der Waals surface area contributed by atoms with Crippen molar-refractivity contribution < 1.29 is 4.52 Å². The lowest BCUT2D eigenvalue weighted by molar-refractivity contribution is 0.363. The largest absolute Gasteiger partial charge is 0.339 e. The van der Waals surface area contributed by atoms with Gasteiger partial charge in [0.15, 0.2) is 5.82 Å². The molecule has 0 aromatic carbocycles. The molecule has 0 saturated heterocycles. The number of likely N-dealkylation sites (N-methyl/N-ethyl adjacent to an activating group) is 1. The van der Waals surface area contributed by atoms with E-state index in [-0.39, 0.29) is 18.3 Å². The summed E-state index contributed by atoms with van der Waals surface area (Å²) in [6.45, 7) is 8.25. The third kappa shape index (κ3) is 3.63. The number of aromatic nitrogens is 4. The molecule has 2 unspecified atom stereocenters. The van der Waals surface area contributed by atoms with Gasteiger partial charge in [-0.15, -0.1) is 12.4 Å². The molecule has 2 aromatic rings. The highest BCUT2D eigenvalue weighted by atomic mass is 35.5. The summed E-state index contributed by atoms with van der Waals surface area (Å²) in [5, 5.41) is 11.7. The third-order valence-corrected chi connectivity index (χ3v) is 3.83. The highest BCUT2D eigenvalue weighted by Crippen LogP contribution is 2.28. The highest BCUT2D eigenvalue weighted by molar-refractivity contribution is 5.85. The summed E-state index contributed by atoms with van der Waals surface area (Å²) in [6.07, 6.45) is 0.762. The molecule has 0 bridgehead atoms. The first kappa shape index (κ1) is 17.7. The maximum absolute atomic E-state index is 5.42. The summed E-state index contributed by atoms with van der Waals surface area (Å²) < 4.78 is 7.31. The Balaban J connectivity index is 0.00000220. The van der Waals surface area contributed by atoms with Crippen LogP contribution in [0.3, 0.4) is 0 Å². The molecule has 21 heavy (non-hydrogen) atoms. The summed E-state index contributed by atoms with van der Waals surface area (Å²) in [7, 11) is 3.88. The zero-order valence-electron chi connectivity index (χ0n) is 13.5. The van der Waals surface area contributed by atoms with Crippen LogP contribution in [0.15, 0.2) is 4.52 Å². The Kier molecular flexibility index (Phi) is 5.92. The van der Waals surface area contributed by atoms with Crippen LogP contribution in [0.4, 0.5) is 0 Å². The highest BCUT2D eigenvalue weighted by Gasteiger charge is 2.23. The Bertz CT molecular complexity index is 592. The lowest BCUT2D eigenvalue weighted by atomic mass is 9.99. The van der Waals surface area contributed by atoms with Gasteiger partial charge in [-0.25, -0.2) is 0 Å². The van der Waals surface area contributed by atoms with Crippen LogP contribution in [0, 0.1) is 13.8 Å². The van der Waals surface area contributed by atoms with E-state index in [2.05, 4.69) is 41.3 Å². The normalized spacial score (nSPS) is 13.8. The van der Waals surface area contributed by atoms with Gasteiger partial charge in [0.25, 0.3) is 0 Å². The van der Waals surface area contributed by atoms with Crippen LogP contribution in [0.25, 0.3) is 0 Å². The van der Waals surface area contributed by atoms with Crippen LogP contribution in [0.5, 0.6) is 0 Å². The number of halogens is 1. The molecule has 0 spiro atoms. The fourth-order valence-electron chi connectivity index (χ4n) is 2.44. The van der Waals surface area contributed by atoms with E-state index in [0.29, 0.717) is 11.9 Å². The minimum atomic E-state index is 0. The van der Waals surface area contributed by atoms with Crippen molar-refractivity contribution in [3.8, 4) is 0 Å². The lowest BCUT2D eigenvalue weighted by Crippen LogP contribution is -2.24. The second-order valence-electron chi connectivity index (χ2n) is 5.37. The predicted octanol–water partition coefficient (Wildman–Crippen LogP) is 2.14. The number of hydrogen-bond donors (Lipinski definition) is 1. The van der Waals surface area contributed by atoms with Crippen molar-refractivity contribution in [2.24, 2.45) is 7.05 Å².